The second-order valence-corrected chi connectivity index (χ2v) is 4.12. The Balaban J connectivity index is 0. The zero-order valence-electron chi connectivity index (χ0n) is 14.1. The first-order chi connectivity index (χ1) is 10.9. The van der Waals surface area contributed by atoms with E-state index in [9.17, 15) is 10.1 Å². The van der Waals surface area contributed by atoms with Gasteiger partial charge in [-0.05, 0) is 17.8 Å². The summed E-state index contributed by atoms with van der Waals surface area (Å²) in [4.78, 5) is 18.6. The molecule has 10 heteroatoms. The normalized spacial score (nSPS) is 8.52. The van der Waals surface area contributed by atoms with Gasteiger partial charge in [-0.1, -0.05) is 30.3 Å². The summed E-state index contributed by atoms with van der Waals surface area (Å²) < 4.78 is 10.7. The topological polar surface area (TPSA) is 125 Å². The number of hydrogen-bond acceptors (Lipinski definition) is 7. The third-order valence-corrected chi connectivity index (χ3v) is 2.60. The van der Waals surface area contributed by atoms with E-state index in [1.807, 2.05) is 30.3 Å². The van der Waals surface area contributed by atoms with Gasteiger partial charge in [0.15, 0.2) is 11.5 Å². The maximum atomic E-state index is 10.7. The van der Waals surface area contributed by atoms with Crippen LogP contribution in [0.3, 0.4) is 0 Å². The molecule has 0 spiro atoms. The largest absolute Gasteiger partial charge is 1.00 e. The van der Waals surface area contributed by atoms with Crippen molar-refractivity contribution in [3.05, 3.63) is 64.2 Å². The SMILES string of the molecule is COc1ccc([N+](=O)[O-])cc1OCc1ccccc1.O=C([O-])[O-].[K+].[K+]. The average Bonchev–Trinajstić information content (AvgIpc) is 2.53. The van der Waals surface area contributed by atoms with E-state index >= 15 is 0 Å². The number of hydrogen-bond donors (Lipinski definition) is 0. The summed E-state index contributed by atoms with van der Waals surface area (Å²) in [5, 5.41) is 27.4. The molecule has 0 saturated heterocycles. The predicted molar refractivity (Wildman–Crippen MR) is 75.8 cm³/mol. The van der Waals surface area contributed by atoms with Crippen LogP contribution in [0.4, 0.5) is 10.5 Å². The monoisotopic (exact) mass is 397 g/mol. The van der Waals surface area contributed by atoms with Gasteiger partial charge in [-0.15, -0.1) is 0 Å². The fourth-order valence-electron chi connectivity index (χ4n) is 1.63. The first kappa shape index (κ1) is 27.2. The third-order valence-electron chi connectivity index (χ3n) is 2.60. The number of non-ortho nitro benzene ring substituents is 1. The molecule has 0 aliphatic rings. The zero-order valence-corrected chi connectivity index (χ0v) is 20.4. The minimum absolute atomic E-state index is 0. The number of nitrogens with zero attached hydrogens (tertiary/aromatic N) is 1. The van der Waals surface area contributed by atoms with Crippen LogP contribution in [-0.4, -0.2) is 18.2 Å². The van der Waals surface area contributed by atoms with E-state index in [2.05, 4.69) is 0 Å². The van der Waals surface area contributed by atoms with Crippen molar-refractivity contribution in [2.24, 2.45) is 0 Å². The molecule has 0 bridgehead atoms. The Bertz CT molecular complexity index is 664. The number of carboxylic acid groups (broad SMARTS) is 2. The van der Waals surface area contributed by atoms with Crippen molar-refractivity contribution in [2.45, 2.75) is 6.61 Å². The standard InChI is InChI=1S/C14H13NO4.CH2O3.2K/c1-18-13-8-7-12(15(16)17)9-14(13)19-10-11-5-3-2-4-6-11;2-1(3)4;;/h2-9H,10H2,1H3;(H2,2,3,4);;/q;;2*+1/p-2. The molecule has 2 aromatic carbocycles. The second-order valence-electron chi connectivity index (χ2n) is 4.12. The third kappa shape index (κ3) is 11.3. The summed E-state index contributed by atoms with van der Waals surface area (Å²) >= 11 is 0. The number of carbonyl (C=O) groups is 1. The quantitative estimate of drug-likeness (QED) is 0.280. The van der Waals surface area contributed by atoms with Gasteiger partial charge in [-0.25, -0.2) is 0 Å². The smallest absolute Gasteiger partial charge is 0.652 e. The number of carbonyl (C=O) groups excluding carboxylic acids is 1. The van der Waals surface area contributed by atoms with Crippen molar-refractivity contribution in [3.63, 3.8) is 0 Å². The predicted octanol–water partition coefficient (Wildman–Crippen LogP) is -5.26. The van der Waals surface area contributed by atoms with Crippen LogP contribution in [0.5, 0.6) is 11.5 Å². The Hall–Kier alpha value is -0.0173. The van der Waals surface area contributed by atoms with E-state index in [1.54, 1.807) is 0 Å². The van der Waals surface area contributed by atoms with Gasteiger partial charge < -0.3 is 24.5 Å². The minimum Gasteiger partial charge on any atom is -0.652 e. The molecule has 0 atom stereocenters. The van der Waals surface area contributed by atoms with Gasteiger partial charge in [0.1, 0.15) is 6.61 Å². The molecule has 2 rings (SSSR count). The Kier molecular flexibility index (Phi) is 16.4. The summed E-state index contributed by atoms with van der Waals surface area (Å²) in [6.07, 6.45) is -2.33. The van der Waals surface area contributed by atoms with Crippen LogP contribution in [-0.2, 0) is 6.61 Å². The van der Waals surface area contributed by atoms with Crippen LogP contribution in [0, 0.1) is 10.1 Å². The number of rotatable bonds is 5. The summed E-state index contributed by atoms with van der Waals surface area (Å²) in [5.74, 6) is 0.835. The molecular weight excluding hydrogens is 384 g/mol. The molecule has 0 aromatic heterocycles. The number of ether oxygens (including phenoxy) is 2. The van der Waals surface area contributed by atoms with Gasteiger partial charge in [-0.2, -0.15) is 0 Å². The molecule has 2 aromatic rings. The van der Waals surface area contributed by atoms with E-state index in [4.69, 9.17) is 24.5 Å². The Morgan fingerprint density at radius 2 is 1.60 bits per heavy atom. The Labute approximate surface area is 229 Å². The van der Waals surface area contributed by atoms with Crippen LogP contribution in [0.25, 0.3) is 0 Å². The number of benzene rings is 2. The number of nitro groups is 1. The molecule has 0 radical (unpaired) electrons. The molecular formula is C15H13K2NO7. The fraction of sp³-hybridized carbons (Fsp3) is 0.133. The van der Waals surface area contributed by atoms with Gasteiger partial charge in [0, 0.05) is 6.07 Å². The molecule has 0 saturated carbocycles. The Morgan fingerprint density at radius 3 is 2.08 bits per heavy atom. The fourth-order valence-corrected chi connectivity index (χ4v) is 1.63. The van der Waals surface area contributed by atoms with Gasteiger partial charge in [0.2, 0.25) is 0 Å². The maximum absolute atomic E-state index is 10.7. The Morgan fingerprint density at radius 1 is 1.04 bits per heavy atom. The molecule has 0 unspecified atom stereocenters. The molecule has 0 N–H and O–H groups in total. The van der Waals surface area contributed by atoms with Gasteiger partial charge in [0.05, 0.1) is 18.1 Å². The van der Waals surface area contributed by atoms with E-state index in [1.165, 1.54) is 25.3 Å². The van der Waals surface area contributed by atoms with Gasteiger partial charge in [-0.3, -0.25) is 10.1 Å². The van der Waals surface area contributed by atoms with Crippen molar-refractivity contribution in [2.75, 3.05) is 7.11 Å². The summed E-state index contributed by atoms with van der Waals surface area (Å²) in [7, 11) is 1.50. The number of nitro benzene ring substituents is 1. The summed E-state index contributed by atoms with van der Waals surface area (Å²) in [6, 6.07) is 13.8. The molecule has 0 amide bonds. The van der Waals surface area contributed by atoms with Gasteiger partial charge >= 0.3 is 103 Å². The van der Waals surface area contributed by atoms with E-state index in [-0.39, 0.29) is 108 Å². The first-order valence-electron chi connectivity index (χ1n) is 6.31. The van der Waals surface area contributed by atoms with E-state index < -0.39 is 11.1 Å². The van der Waals surface area contributed by atoms with E-state index in [0.29, 0.717) is 18.1 Å². The molecule has 0 aliphatic carbocycles. The maximum Gasteiger partial charge on any atom is 1.00 e. The molecule has 25 heavy (non-hydrogen) atoms. The molecule has 0 fully saturated rings. The molecule has 0 aliphatic heterocycles. The molecule has 122 valence electrons. The van der Waals surface area contributed by atoms with Crippen LogP contribution in [0.2, 0.25) is 0 Å². The molecule has 8 nitrogen and oxygen atoms in total. The second kappa shape index (κ2) is 15.1. The minimum atomic E-state index is -2.33. The number of methoxy groups -OCH3 is 1. The summed E-state index contributed by atoms with van der Waals surface area (Å²) in [5.41, 5.74) is 0.958. The van der Waals surface area contributed by atoms with E-state index in [0.717, 1.165) is 5.56 Å². The summed E-state index contributed by atoms with van der Waals surface area (Å²) in [6.45, 7) is 0.332. The van der Waals surface area contributed by atoms with Crippen LogP contribution in [0.15, 0.2) is 48.5 Å². The van der Waals surface area contributed by atoms with Crippen molar-refractivity contribution < 1.29 is 132 Å². The van der Waals surface area contributed by atoms with Crippen molar-refractivity contribution in [3.8, 4) is 11.5 Å². The molecule has 0 heterocycles. The van der Waals surface area contributed by atoms with Gasteiger partial charge in [0.25, 0.3) is 5.69 Å². The first-order valence-corrected chi connectivity index (χ1v) is 6.31. The van der Waals surface area contributed by atoms with Crippen LogP contribution in [0.1, 0.15) is 5.56 Å². The van der Waals surface area contributed by atoms with Crippen LogP contribution >= 0.6 is 0 Å². The van der Waals surface area contributed by atoms with Crippen molar-refractivity contribution in [1.82, 2.24) is 0 Å². The van der Waals surface area contributed by atoms with Crippen molar-refractivity contribution in [1.29, 1.82) is 0 Å². The van der Waals surface area contributed by atoms with Crippen molar-refractivity contribution >= 4 is 11.8 Å². The zero-order chi connectivity index (χ0) is 17.2. The average molecular weight is 397 g/mol. The van der Waals surface area contributed by atoms with Crippen LogP contribution < -0.4 is 122 Å².